The number of hydrogen-bond acceptors (Lipinski definition) is 4. The average Bonchev–Trinajstić information content (AvgIpc) is 3.31. The van der Waals surface area contributed by atoms with Crippen LogP contribution in [0.1, 0.15) is 52.9 Å². The zero-order chi connectivity index (χ0) is 19.8. The van der Waals surface area contributed by atoms with Gasteiger partial charge in [-0.05, 0) is 68.5 Å². The van der Waals surface area contributed by atoms with Crippen molar-refractivity contribution < 1.29 is 13.9 Å². The Morgan fingerprint density at radius 3 is 2.93 bits per heavy atom. The molecular formula is C22H24FN3O2. The van der Waals surface area contributed by atoms with Crippen LogP contribution >= 0.6 is 0 Å². The molecule has 1 aliphatic heterocycles. The van der Waals surface area contributed by atoms with E-state index in [0.717, 1.165) is 47.3 Å². The largest absolute Gasteiger partial charge is 0.462 e. The molecule has 1 aromatic carbocycles. The topological polar surface area (TPSA) is 46.8 Å². The van der Waals surface area contributed by atoms with Crippen molar-refractivity contribution in [2.45, 2.75) is 39.7 Å². The maximum absolute atomic E-state index is 13.9. The van der Waals surface area contributed by atoms with Gasteiger partial charge in [-0.3, -0.25) is 0 Å². The minimum Gasteiger partial charge on any atom is -0.462 e. The Hall–Kier alpha value is -2.89. The monoisotopic (exact) mass is 381 g/mol. The Morgan fingerprint density at radius 2 is 2.14 bits per heavy atom. The molecule has 2 aromatic heterocycles. The highest BCUT2D eigenvalue weighted by molar-refractivity contribution is 5.98. The van der Waals surface area contributed by atoms with Crippen LogP contribution in [0.4, 0.5) is 10.1 Å². The van der Waals surface area contributed by atoms with E-state index in [1.54, 1.807) is 23.7 Å². The van der Waals surface area contributed by atoms with Crippen molar-refractivity contribution in [1.29, 1.82) is 0 Å². The van der Waals surface area contributed by atoms with Crippen LogP contribution in [0, 0.1) is 19.7 Å². The molecule has 1 saturated heterocycles. The summed E-state index contributed by atoms with van der Waals surface area (Å²) < 4.78 is 20.8. The fourth-order valence-corrected chi connectivity index (χ4v) is 4.25. The minimum absolute atomic E-state index is 0.116. The van der Waals surface area contributed by atoms with Crippen LogP contribution in [0.3, 0.4) is 0 Å². The van der Waals surface area contributed by atoms with Gasteiger partial charge < -0.3 is 9.64 Å². The van der Waals surface area contributed by atoms with Gasteiger partial charge in [-0.15, -0.1) is 0 Å². The zero-order valence-corrected chi connectivity index (χ0v) is 16.4. The molecule has 0 saturated carbocycles. The Kier molecular flexibility index (Phi) is 4.79. The number of pyridine rings is 1. The standard InChI is InChI=1S/C22H24FN3O2/c1-4-28-22(27)18-13-24-26-11-9-19(15(3)21(18)26)25-10-5-6-20(25)17-12-16(23)8-7-14(17)2/h7-9,11-13,20H,4-6,10H2,1-3H3. The lowest BCUT2D eigenvalue weighted by atomic mass is 9.98. The molecule has 3 heterocycles. The Bertz CT molecular complexity index is 1040. The highest BCUT2D eigenvalue weighted by atomic mass is 19.1. The molecule has 0 amide bonds. The maximum atomic E-state index is 13.9. The number of ether oxygens (including phenoxy) is 1. The quantitative estimate of drug-likeness (QED) is 0.619. The molecule has 1 unspecified atom stereocenters. The van der Waals surface area contributed by atoms with Crippen molar-refractivity contribution in [3.8, 4) is 0 Å². The van der Waals surface area contributed by atoms with Crippen LogP contribution in [0.15, 0.2) is 36.7 Å². The van der Waals surface area contributed by atoms with Crippen molar-refractivity contribution in [1.82, 2.24) is 9.61 Å². The van der Waals surface area contributed by atoms with Crippen LogP contribution in [-0.2, 0) is 4.74 Å². The smallest absolute Gasteiger partial charge is 0.341 e. The molecule has 3 aromatic rings. The number of benzene rings is 1. The van der Waals surface area contributed by atoms with Crippen LogP contribution in [0.5, 0.6) is 0 Å². The summed E-state index contributed by atoms with van der Waals surface area (Å²) in [5, 5.41) is 4.30. The van der Waals surface area contributed by atoms with E-state index >= 15 is 0 Å². The highest BCUT2D eigenvalue weighted by Gasteiger charge is 2.30. The van der Waals surface area contributed by atoms with Gasteiger partial charge in [0.05, 0.1) is 24.4 Å². The van der Waals surface area contributed by atoms with E-state index in [1.807, 2.05) is 32.2 Å². The van der Waals surface area contributed by atoms with Gasteiger partial charge in [0.25, 0.3) is 0 Å². The van der Waals surface area contributed by atoms with E-state index in [0.29, 0.717) is 12.2 Å². The van der Waals surface area contributed by atoms with E-state index in [9.17, 15) is 9.18 Å². The van der Waals surface area contributed by atoms with Crippen molar-refractivity contribution in [2.75, 3.05) is 18.1 Å². The fourth-order valence-electron chi connectivity index (χ4n) is 4.25. The molecule has 1 atom stereocenters. The van der Waals surface area contributed by atoms with Gasteiger partial charge in [0.1, 0.15) is 11.4 Å². The number of fused-ring (bicyclic) bond motifs is 1. The predicted molar refractivity (Wildman–Crippen MR) is 106 cm³/mol. The fraction of sp³-hybridized carbons (Fsp3) is 0.364. The van der Waals surface area contributed by atoms with Gasteiger partial charge in [-0.1, -0.05) is 6.07 Å². The maximum Gasteiger partial charge on any atom is 0.341 e. The predicted octanol–water partition coefficient (Wildman–Crippen LogP) is 4.61. The first-order valence-corrected chi connectivity index (χ1v) is 9.68. The molecule has 1 aliphatic rings. The Labute approximate surface area is 163 Å². The van der Waals surface area contributed by atoms with Crippen LogP contribution < -0.4 is 4.90 Å². The van der Waals surface area contributed by atoms with Gasteiger partial charge in [-0.25, -0.2) is 13.7 Å². The van der Waals surface area contributed by atoms with Crippen molar-refractivity contribution in [3.05, 3.63) is 64.7 Å². The first-order valence-electron chi connectivity index (χ1n) is 9.68. The molecule has 28 heavy (non-hydrogen) atoms. The van der Waals surface area contributed by atoms with Gasteiger partial charge in [-0.2, -0.15) is 5.10 Å². The van der Waals surface area contributed by atoms with Crippen LogP contribution in [-0.4, -0.2) is 28.7 Å². The molecule has 0 spiro atoms. The van der Waals surface area contributed by atoms with Crippen molar-refractivity contribution in [2.24, 2.45) is 0 Å². The molecule has 146 valence electrons. The first-order chi connectivity index (χ1) is 13.5. The van der Waals surface area contributed by atoms with Crippen LogP contribution in [0.25, 0.3) is 5.52 Å². The van der Waals surface area contributed by atoms with E-state index in [2.05, 4.69) is 10.00 Å². The number of esters is 1. The second-order valence-electron chi connectivity index (χ2n) is 7.25. The number of hydrogen-bond donors (Lipinski definition) is 0. The Morgan fingerprint density at radius 1 is 1.32 bits per heavy atom. The molecule has 0 aliphatic carbocycles. The van der Waals surface area contributed by atoms with E-state index in [-0.39, 0.29) is 17.8 Å². The third-order valence-electron chi connectivity index (χ3n) is 5.57. The number of rotatable bonds is 4. The Balaban J connectivity index is 1.80. The average molecular weight is 381 g/mol. The molecule has 0 N–H and O–H groups in total. The number of anilines is 1. The SMILES string of the molecule is CCOC(=O)c1cnn2ccc(N3CCCC3c3cc(F)ccc3C)c(C)c12. The molecule has 0 radical (unpaired) electrons. The van der Waals surface area contributed by atoms with E-state index in [1.165, 1.54) is 6.07 Å². The van der Waals surface area contributed by atoms with Crippen LogP contribution in [0.2, 0.25) is 0 Å². The summed E-state index contributed by atoms with van der Waals surface area (Å²) in [4.78, 5) is 14.7. The number of aromatic nitrogens is 2. The normalized spacial score (nSPS) is 16.7. The molecule has 1 fully saturated rings. The summed E-state index contributed by atoms with van der Waals surface area (Å²) in [6.45, 7) is 7.03. The molecule has 6 heteroatoms. The summed E-state index contributed by atoms with van der Waals surface area (Å²) in [5.41, 5.74) is 5.37. The lowest BCUT2D eigenvalue weighted by molar-refractivity contribution is 0.0528. The lowest BCUT2D eigenvalue weighted by Crippen LogP contribution is -2.24. The third-order valence-corrected chi connectivity index (χ3v) is 5.57. The zero-order valence-electron chi connectivity index (χ0n) is 16.4. The number of carbonyl (C=O) groups is 1. The first kappa shape index (κ1) is 18.5. The molecular weight excluding hydrogens is 357 g/mol. The van der Waals surface area contributed by atoms with E-state index < -0.39 is 0 Å². The summed E-state index contributed by atoms with van der Waals surface area (Å²) >= 11 is 0. The summed E-state index contributed by atoms with van der Waals surface area (Å²) in [5.74, 6) is -0.572. The van der Waals surface area contributed by atoms with Crippen molar-refractivity contribution >= 4 is 17.2 Å². The highest BCUT2D eigenvalue weighted by Crippen LogP contribution is 2.40. The summed E-state index contributed by atoms with van der Waals surface area (Å²) in [6, 6.07) is 7.14. The molecule has 4 rings (SSSR count). The van der Waals surface area contributed by atoms with E-state index in [4.69, 9.17) is 4.74 Å². The lowest BCUT2D eigenvalue weighted by Gasteiger charge is -2.30. The third kappa shape index (κ3) is 3.03. The second-order valence-corrected chi connectivity index (χ2v) is 7.25. The number of carbonyl (C=O) groups excluding carboxylic acids is 1. The summed E-state index contributed by atoms with van der Waals surface area (Å²) in [7, 11) is 0. The number of halogens is 1. The minimum atomic E-state index is -0.364. The molecule has 0 bridgehead atoms. The molecule has 5 nitrogen and oxygen atoms in total. The number of aryl methyl sites for hydroxylation is 2. The van der Waals surface area contributed by atoms with Crippen molar-refractivity contribution in [3.63, 3.8) is 0 Å². The number of nitrogens with zero attached hydrogens (tertiary/aromatic N) is 3. The van der Waals surface area contributed by atoms with Gasteiger partial charge in [0.2, 0.25) is 0 Å². The van der Waals surface area contributed by atoms with Gasteiger partial charge >= 0.3 is 5.97 Å². The van der Waals surface area contributed by atoms with Gasteiger partial charge in [0, 0.05) is 18.4 Å². The summed E-state index contributed by atoms with van der Waals surface area (Å²) in [6.07, 6.45) is 5.44. The second kappa shape index (κ2) is 7.26. The van der Waals surface area contributed by atoms with Gasteiger partial charge in [0.15, 0.2) is 0 Å².